The Labute approximate surface area is 180 Å². The zero-order valence-electron chi connectivity index (χ0n) is 17.1. The molecule has 2 aliphatic rings. The van der Waals surface area contributed by atoms with Gasteiger partial charge in [0.15, 0.2) is 11.5 Å². The van der Waals surface area contributed by atoms with Gasteiger partial charge in [0.2, 0.25) is 18.6 Å². The molecule has 2 aliphatic heterocycles. The number of likely N-dealkylation sites (tertiary alicyclic amines) is 1. The van der Waals surface area contributed by atoms with Crippen molar-refractivity contribution < 1.29 is 18.7 Å². The van der Waals surface area contributed by atoms with Gasteiger partial charge in [-0.15, -0.1) is 10.2 Å². The van der Waals surface area contributed by atoms with Crippen molar-refractivity contribution in [2.75, 3.05) is 26.4 Å². The van der Waals surface area contributed by atoms with E-state index in [9.17, 15) is 4.79 Å². The summed E-state index contributed by atoms with van der Waals surface area (Å²) in [6.45, 7) is 2.13. The summed E-state index contributed by atoms with van der Waals surface area (Å²) < 4.78 is 16.7. The van der Waals surface area contributed by atoms with Crippen molar-refractivity contribution in [3.63, 3.8) is 0 Å². The van der Waals surface area contributed by atoms with Gasteiger partial charge >= 0.3 is 6.03 Å². The largest absolute Gasteiger partial charge is 0.454 e. The molecular formula is C23H24N4O4. The van der Waals surface area contributed by atoms with Gasteiger partial charge in [0.25, 0.3) is 0 Å². The van der Waals surface area contributed by atoms with Crippen LogP contribution in [0.1, 0.15) is 30.2 Å². The van der Waals surface area contributed by atoms with Crippen LogP contribution in [0.3, 0.4) is 0 Å². The average molecular weight is 420 g/mol. The fourth-order valence-electron chi connectivity index (χ4n) is 3.98. The van der Waals surface area contributed by atoms with E-state index >= 15 is 0 Å². The number of nitrogens with zero attached hydrogens (tertiary/aromatic N) is 3. The molecule has 1 aromatic heterocycles. The first-order valence-electron chi connectivity index (χ1n) is 10.6. The van der Waals surface area contributed by atoms with Crippen molar-refractivity contribution in [1.82, 2.24) is 20.4 Å². The third-order valence-corrected chi connectivity index (χ3v) is 5.65. The first-order valence-corrected chi connectivity index (χ1v) is 10.6. The number of fused-ring (bicyclic) bond motifs is 1. The van der Waals surface area contributed by atoms with Gasteiger partial charge in [-0.1, -0.05) is 30.3 Å². The number of carbonyl (C=O) groups is 1. The number of piperidine rings is 1. The Kier molecular flexibility index (Phi) is 5.43. The summed E-state index contributed by atoms with van der Waals surface area (Å²) in [4.78, 5) is 14.5. The van der Waals surface area contributed by atoms with Gasteiger partial charge in [-0.25, -0.2) is 4.79 Å². The number of amides is 2. The Morgan fingerprint density at radius 2 is 1.97 bits per heavy atom. The van der Waals surface area contributed by atoms with Crippen molar-refractivity contribution in [1.29, 1.82) is 0 Å². The van der Waals surface area contributed by atoms with E-state index in [0.29, 0.717) is 36.4 Å². The number of benzene rings is 2. The lowest BCUT2D eigenvalue weighted by Gasteiger charge is -2.31. The van der Waals surface area contributed by atoms with E-state index in [0.717, 1.165) is 31.4 Å². The Morgan fingerprint density at radius 3 is 2.87 bits per heavy atom. The Balaban J connectivity index is 1.19. The standard InChI is InChI=1S/C23H24N4O4/c28-23(24-11-10-16-5-2-1-3-6-16)27-12-4-7-18(14-27)22-26-25-21(31-22)17-8-9-19-20(13-17)30-15-29-19/h1-3,5-6,8-9,13,18H,4,7,10-12,14-15H2,(H,24,28). The van der Waals surface area contributed by atoms with Gasteiger partial charge in [-0.2, -0.15) is 0 Å². The first kappa shape index (κ1) is 19.4. The molecule has 1 unspecified atom stereocenters. The Morgan fingerprint density at radius 1 is 1.10 bits per heavy atom. The molecule has 5 rings (SSSR count). The molecule has 1 fully saturated rings. The third kappa shape index (κ3) is 4.33. The van der Waals surface area contributed by atoms with Crippen LogP contribution in [0.25, 0.3) is 11.5 Å². The van der Waals surface area contributed by atoms with E-state index < -0.39 is 0 Å². The van der Waals surface area contributed by atoms with Crippen molar-refractivity contribution in [3.8, 4) is 23.0 Å². The lowest BCUT2D eigenvalue weighted by Crippen LogP contribution is -2.45. The zero-order valence-corrected chi connectivity index (χ0v) is 17.1. The quantitative estimate of drug-likeness (QED) is 0.678. The van der Waals surface area contributed by atoms with E-state index in [1.807, 2.05) is 41.3 Å². The molecule has 1 N–H and O–H groups in total. The van der Waals surface area contributed by atoms with Crippen LogP contribution in [-0.2, 0) is 6.42 Å². The summed E-state index contributed by atoms with van der Waals surface area (Å²) in [6, 6.07) is 15.6. The van der Waals surface area contributed by atoms with E-state index in [2.05, 4.69) is 27.6 Å². The van der Waals surface area contributed by atoms with E-state index in [1.165, 1.54) is 5.56 Å². The molecule has 1 saturated heterocycles. The minimum absolute atomic E-state index is 0.0314. The molecule has 0 saturated carbocycles. The van der Waals surface area contributed by atoms with E-state index in [4.69, 9.17) is 13.9 Å². The zero-order chi connectivity index (χ0) is 21.0. The summed E-state index contributed by atoms with van der Waals surface area (Å²) in [5.41, 5.74) is 2.00. The maximum atomic E-state index is 12.6. The van der Waals surface area contributed by atoms with Crippen LogP contribution in [-0.4, -0.2) is 47.6 Å². The molecule has 2 aromatic carbocycles. The smallest absolute Gasteiger partial charge is 0.317 e. The predicted octanol–water partition coefficient (Wildman–Crippen LogP) is 3.60. The van der Waals surface area contributed by atoms with Gasteiger partial charge in [-0.3, -0.25) is 0 Å². The van der Waals surface area contributed by atoms with Crippen LogP contribution in [0.15, 0.2) is 52.9 Å². The van der Waals surface area contributed by atoms with Crippen LogP contribution >= 0.6 is 0 Å². The molecule has 3 heterocycles. The number of rotatable bonds is 5. The molecule has 3 aromatic rings. The van der Waals surface area contributed by atoms with Crippen LogP contribution in [0.5, 0.6) is 11.5 Å². The van der Waals surface area contributed by atoms with Gasteiger partial charge in [0.05, 0.1) is 5.92 Å². The van der Waals surface area contributed by atoms with Crippen LogP contribution < -0.4 is 14.8 Å². The second kappa shape index (κ2) is 8.67. The summed E-state index contributed by atoms with van der Waals surface area (Å²) in [5.74, 6) is 2.43. The molecule has 8 nitrogen and oxygen atoms in total. The lowest BCUT2D eigenvalue weighted by molar-refractivity contribution is 0.173. The molecule has 31 heavy (non-hydrogen) atoms. The van der Waals surface area contributed by atoms with E-state index in [-0.39, 0.29) is 18.7 Å². The highest BCUT2D eigenvalue weighted by Gasteiger charge is 2.28. The van der Waals surface area contributed by atoms with Crippen LogP contribution in [0, 0.1) is 0 Å². The molecule has 0 spiro atoms. The highest BCUT2D eigenvalue weighted by molar-refractivity contribution is 5.74. The monoisotopic (exact) mass is 420 g/mol. The van der Waals surface area contributed by atoms with Crippen molar-refractivity contribution in [3.05, 3.63) is 60.0 Å². The highest BCUT2D eigenvalue weighted by Crippen LogP contribution is 2.36. The molecule has 0 aliphatic carbocycles. The minimum atomic E-state index is -0.0452. The molecule has 0 bridgehead atoms. The Hall–Kier alpha value is -3.55. The number of nitrogens with one attached hydrogen (secondary N) is 1. The fraction of sp³-hybridized carbons (Fsp3) is 0.348. The first-order chi connectivity index (χ1) is 15.3. The SMILES string of the molecule is O=C(NCCc1ccccc1)N1CCCC(c2nnc(-c3ccc4c(c3)OCO4)o2)C1. The molecule has 8 heteroatoms. The number of hydrogen-bond donors (Lipinski definition) is 1. The topological polar surface area (TPSA) is 89.7 Å². The van der Waals surface area contributed by atoms with Gasteiger partial charge < -0.3 is 24.1 Å². The second-order valence-corrected chi connectivity index (χ2v) is 7.77. The number of urea groups is 1. The molecule has 1 atom stereocenters. The lowest BCUT2D eigenvalue weighted by atomic mass is 9.98. The van der Waals surface area contributed by atoms with Gasteiger partial charge in [0, 0.05) is 25.2 Å². The normalized spacial score (nSPS) is 17.5. The number of hydrogen-bond acceptors (Lipinski definition) is 6. The minimum Gasteiger partial charge on any atom is -0.454 e. The third-order valence-electron chi connectivity index (χ3n) is 5.65. The number of aromatic nitrogens is 2. The highest BCUT2D eigenvalue weighted by atomic mass is 16.7. The Bertz CT molecular complexity index is 1050. The second-order valence-electron chi connectivity index (χ2n) is 7.77. The summed E-state index contributed by atoms with van der Waals surface area (Å²) in [5, 5.41) is 11.5. The van der Waals surface area contributed by atoms with Crippen LogP contribution in [0.2, 0.25) is 0 Å². The summed E-state index contributed by atoms with van der Waals surface area (Å²) in [6.07, 6.45) is 2.63. The molecule has 2 amide bonds. The molecule has 160 valence electrons. The van der Waals surface area contributed by atoms with Crippen LogP contribution in [0.4, 0.5) is 4.79 Å². The maximum absolute atomic E-state index is 12.6. The summed E-state index contributed by atoms with van der Waals surface area (Å²) >= 11 is 0. The average Bonchev–Trinajstić information content (AvgIpc) is 3.49. The summed E-state index contributed by atoms with van der Waals surface area (Å²) in [7, 11) is 0. The predicted molar refractivity (Wildman–Crippen MR) is 113 cm³/mol. The van der Waals surface area contributed by atoms with Gasteiger partial charge in [0.1, 0.15) is 0 Å². The van der Waals surface area contributed by atoms with Crippen molar-refractivity contribution in [2.45, 2.75) is 25.2 Å². The molecular weight excluding hydrogens is 396 g/mol. The van der Waals surface area contributed by atoms with Crippen molar-refractivity contribution in [2.24, 2.45) is 0 Å². The molecule has 0 radical (unpaired) electrons. The van der Waals surface area contributed by atoms with E-state index in [1.54, 1.807) is 0 Å². The number of ether oxygens (including phenoxy) is 2. The maximum Gasteiger partial charge on any atom is 0.317 e. The van der Waals surface area contributed by atoms with Gasteiger partial charge in [-0.05, 0) is 43.0 Å². The fourth-order valence-corrected chi connectivity index (χ4v) is 3.98. The van der Waals surface area contributed by atoms with Crippen molar-refractivity contribution >= 4 is 6.03 Å². The number of carbonyl (C=O) groups excluding carboxylic acids is 1.